The second kappa shape index (κ2) is 4.85. The standard InChI is InChI=1S/C14H15N3O2/c1-2-13-15-14(19-16-13)8-17-6-5-11-4-3-10(9-18)7-12(11)17/h3-7,18H,2,8-9H2,1H3. The number of benzene rings is 1. The quantitative estimate of drug-likeness (QED) is 0.777. The first-order valence-corrected chi connectivity index (χ1v) is 6.30. The molecule has 3 rings (SSSR count). The van der Waals surface area contributed by atoms with Gasteiger partial charge in [0.15, 0.2) is 5.82 Å². The van der Waals surface area contributed by atoms with Crippen molar-refractivity contribution in [2.45, 2.75) is 26.5 Å². The van der Waals surface area contributed by atoms with Crippen LogP contribution in [0.1, 0.15) is 24.2 Å². The molecule has 0 atom stereocenters. The summed E-state index contributed by atoms with van der Waals surface area (Å²) in [4.78, 5) is 4.31. The molecule has 0 radical (unpaired) electrons. The SMILES string of the molecule is CCc1noc(Cn2ccc3ccc(CO)cc32)n1. The lowest BCUT2D eigenvalue weighted by Crippen LogP contribution is -1.99. The molecule has 98 valence electrons. The van der Waals surface area contributed by atoms with Crippen LogP contribution in [0.5, 0.6) is 0 Å². The van der Waals surface area contributed by atoms with Gasteiger partial charge in [0.1, 0.15) is 6.54 Å². The Hall–Kier alpha value is -2.14. The van der Waals surface area contributed by atoms with Crippen LogP contribution >= 0.6 is 0 Å². The number of hydrogen-bond acceptors (Lipinski definition) is 4. The molecule has 2 aromatic heterocycles. The normalized spacial score (nSPS) is 11.3. The largest absolute Gasteiger partial charge is 0.392 e. The molecule has 5 nitrogen and oxygen atoms in total. The van der Waals surface area contributed by atoms with Crippen molar-refractivity contribution in [1.82, 2.24) is 14.7 Å². The summed E-state index contributed by atoms with van der Waals surface area (Å²) in [7, 11) is 0. The Balaban J connectivity index is 1.95. The maximum Gasteiger partial charge on any atom is 0.246 e. The Morgan fingerprint density at radius 1 is 1.32 bits per heavy atom. The van der Waals surface area contributed by atoms with E-state index in [9.17, 15) is 5.11 Å². The summed E-state index contributed by atoms with van der Waals surface area (Å²) < 4.78 is 7.25. The first kappa shape index (κ1) is 11.9. The smallest absolute Gasteiger partial charge is 0.246 e. The zero-order chi connectivity index (χ0) is 13.2. The second-order valence-electron chi connectivity index (χ2n) is 4.45. The molecule has 0 saturated carbocycles. The van der Waals surface area contributed by atoms with Crippen LogP contribution in [0.3, 0.4) is 0 Å². The van der Waals surface area contributed by atoms with Gasteiger partial charge in [-0.25, -0.2) is 0 Å². The predicted octanol–water partition coefficient (Wildman–Crippen LogP) is 2.13. The zero-order valence-corrected chi connectivity index (χ0v) is 10.7. The minimum Gasteiger partial charge on any atom is -0.392 e. The Bertz CT molecular complexity index is 700. The van der Waals surface area contributed by atoms with E-state index in [1.54, 1.807) is 0 Å². The maximum atomic E-state index is 9.20. The van der Waals surface area contributed by atoms with Crippen molar-refractivity contribution < 1.29 is 9.63 Å². The minimum atomic E-state index is 0.0433. The predicted molar refractivity (Wildman–Crippen MR) is 70.6 cm³/mol. The van der Waals surface area contributed by atoms with Gasteiger partial charge in [0.25, 0.3) is 0 Å². The molecule has 3 aromatic rings. The van der Waals surface area contributed by atoms with Crippen molar-refractivity contribution in [1.29, 1.82) is 0 Å². The molecule has 0 aliphatic carbocycles. The molecule has 0 spiro atoms. The van der Waals surface area contributed by atoms with Crippen LogP contribution in [0.15, 0.2) is 35.0 Å². The summed E-state index contributed by atoms with van der Waals surface area (Å²) >= 11 is 0. The summed E-state index contributed by atoms with van der Waals surface area (Å²) in [5.41, 5.74) is 1.95. The van der Waals surface area contributed by atoms with Gasteiger partial charge in [0.05, 0.1) is 6.61 Å². The highest BCUT2D eigenvalue weighted by molar-refractivity contribution is 5.80. The van der Waals surface area contributed by atoms with E-state index in [2.05, 4.69) is 10.1 Å². The summed E-state index contributed by atoms with van der Waals surface area (Å²) in [5, 5.41) is 14.2. The third kappa shape index (κ3) is 2.24. The number of aliphatic hydroxyl groups excluding tert-OH is 1. The Kier molecular flexibility index (Phi) is 3.05. The van der Waals surface area contributed by atoms with Crippen molar-refractivity contribution in [2.24, 2.45) is 0 Å². The van der Waals surface area contributed by atoms with E-state index in [4.69, 9.17) is 4.52 Å². The van der Waals surface area contributed by atoms with Gasteiger partial charge in [-0.3, -0.25) is 0 Å². The average Bonchev–Trinajstić information content (AvgIpc) is 3.06. The van der Waals surface area contributed by atoms with Gasteiger partial charge in [0, 0.05) is 18.1 Å². The van der Waals surface area contributed by atoms with E-state index in [0.29, 0.717) is 12.4 Å². The molecule has 0 aliphatic heterocycles. The van der Waals surface area contributed by atoms with Crippen LogP contribution in [0.25, 0.3) is 10.9 Å². The first-order valence-electron chi connectivity index (χ1n) is 6.30. The van der Waals surface area contributed by atoms with Crippen molar-refractivity contribution in [3.8, 4) is 0 Å². The number of hydrogen-bond donors (Lipinski definition) is 1. The van der Waals surface area contributed by atoms with E-state index >= 15 is 0 Å². The Morgan fingerprint density at radius 2 is 2.21 bits per heavy atom. The van der Waals surface area contributed by atoms with Gasteiger partial charge >= 0.3 is 0 Å². The fraction of sp³-hybridized carbons (Fsp3) is 0.286. The summed E-state index contributed by atoms with van der Waals surface area (Å²) in [6.07, 6.45) is 2.76. The second-order valence-corrected chi connectivity index (χ2v) is 4.45. The summed E-state index contributed by atoms with van der Waals surface area (Å²) in [6.45, 7) is 2.58. The lowest BCUT2D eigenvalue weighted by atomic mass is 10.2. The van der Waals surface area contributed by atoms with E-state index in [1.807, 2.05) is 42.0 Å². The number of aryl methyl sites for hydroxylation is 1. The number of aromatic nitrogens is 3. The van der Waals surface area contributed by atoms with Gasteiger partial charge in [0.2, 0.25) is 5.89 Å². The van der Waals surface area contributed by atoms with E-state index in [0.717, 1.165) is 28.7 Å². The molecule has 2 heterocycles. The molecule has 5 heteroatoms. The molecule has 0 fully saturated rings. The highest BCUT2D eigenvalue weighted by Crippen LogP contribution is 2.19. The lowest BCUT2D eigenvalue weighted by molar-refractivity contribution is 0.282. The molecular weight excluding hydrogens is 242 g/mol. The molecule has 0 bridgehead atoms. The van der Waals surface area contributed by atoms with E-state index in [1.165, 1.54) is 0 Å². The van der Waals surface area contributed by atoms with Crippen LogP contribution in [-0.4, -0.2) is 19.8 Å². The average molecular weight is 257 g/mol. The highest BCUT2D eigenvalue weighted by atomic mass is 16.5. The van der Waals surface area contributed by atoms with Gasteiger partial charge in [-0.2, -0.15) is 4.98 Å². The highest BCUT2D eigenvalue weighted by Gasteiger charge is 2.08. The fourth-order valence-corrected chi connectivity index (χ4v) is 2.11. The lowest BCUT2D eigenvalue weighted by Gasteiger charge is -2.03. The summed E-state index contributed by atoms with van der Waals surface area (Å²) in [5.74, 6) is 1.33. The van der Waals surface area contributed by atoms with Gasteiger partial charge in [-0.05, 0) is 23.1 Å². The molecule has 0 aliphatic rings. The van der Waals surface area contributed by atoms with Crippen molar-refractivity contribution >= 4 is 10.9 Å². The molecule has 19 heavy (non-hydrogen) atoms. The molecular formula is C14H15N3O2. The number of fused-ring (bicyclic) bond motifs is 1. The fourth-order valence-electron chi connectivity index (χ4n) is 2.11. The molecule has 0 amide bonds. The number of aliphatic hydroxyl groups is 1. The van der Waals surface area contributed by atoms with Crippen LogP contribution in [0, 0.1) is 0 Å². The van der Waals surface area contributed by atoms with E-state index in [-0.39, 0.29) is 6.61 Å². The summed E-state index contributed by atoms with van der Waals surface area (Å²) in [6, 6.07) is 7.94. The zero-order valence-electron chi connectivity index (χ0n) is 10.7. The monoisotopic (exact) mass is 257 g/mol. The van der Waals surface area contributed by atoms with Gasteiger partial charge < -0.3 is 14.2 Å². The van der Waals surface area contributed by atoms with Crippen LogP contribution < -0.4 is 0 Å². The Morgan fingerprint density at radius 3 is 2.95 bits per heavy atom. The topological polar surface area (TPSA) is 64.1 Å². The third-order valence-electron chi connectivity index (χ3n) is 3.15. The van der Waals surface area contributed by atoms with Crippen LogP contribution in [0.2, 0.25) is 0 Å². The van der Waals surface area contributed by atoms with E-state index < -0.39 is 0 Å². The number of nitrogens with zero attached hydrogens (tertiary/aromatic N) is 3. The minimum absolute atomic E-state index is 0.0433. The molecule has 0 saturated heterocycles. The third-order valence-corrected chi connectivity index (χ3v) is 3.15. The first-order chi connectivity index (χ1) is 9.30. The van der Waals surface area contributed by atoms with Crippen LogP contribution in [0.4, 0.5) is 0 Å². The van der Waals surface area contributed by atoms with Crippen molar-refractivity contribution in [3.05, 3.63) is 47.7 Å². The van der Waals surface area contributed by atoms with Crippen molar-refractivity contribution in [3.63, 3.8) is 0 Å². The molecule has 1 N–H and O–H groups in total. The molecule has 0 unspecified atom stereocenters. The van der Waals surface area contributed by atoms with Crippen molar-refractivity contribution in [2.75, 3.05) is 0 Å². The Labute approximate surface area is 110 Å². The van der Waals surface area contributed by atoms with Gasteiger partial charge in [-0.15, -0.1) is 0 Å². The van der Waals surface area contributed by atoms with Crippen LogP contribution in [-0.2, 0) is 19.6 Å². The molecule has 1 aromatic carbocycles. The number of rotatable bonds is 4. The van der Waals surface area contributed by atoms with Gasteiger partial charge in [-0.1, -0.05) is 24.2 Å². The maximum absolute atomic E-state index is 9.20.